The molecule has 36 heavy (non-hydrogen) atoms. The van der Waals surface area contributed by atoms with Crippen LogP contribution in [-0.4, -0.2) is 18.4 Å². The first-order valence-electron chi connectivity index (χ1n) is 11.6. The van der Waals surface area contributed by atoms with Crippen LogP contribution >= 0.6 is 45.2 Å². The van der Waals surface area contributed by atoms with Crippen molar-refractivity contribution in [3.8, 4) is 5.75 Å². The van der Waals surface area contributed by atoms with Crippen LogP contribution in [-0.2, 0) is 16.1 Å². The molecule has 5 nitrogen and oxygen atoms in total. The van der Waals surface area contributed by atoms with Crippen LogP contribution in [0.4, 0.5) is 0 Å². The number of esters is 1. The second-order valence-corrected chi connectivity index (χ2v) is 10.9. The summed E-state index contributed by atoms with van der Waals surface area (Å²) < 4.78 is 13.4. The molecule has 1 heterocycles. The Morgan fingerprint density at radius 1 is 0.972 bits per heavy atom. The van der Waals surface area contributed by atoms with Gasteiger partial charge >= 0.3 is 5.97 Å². The summed E-state index contributed by atoms with van der Waals surface area (Å²) in [7, 11) is 0. The lowest BCUT2D eigenvalue weighted by molar-refractivity contribution is -0.138. The molecule has 1 aliphatic carbocycles. The molecule has 3 aromatic carbocycles. The third-order valence-corrected chi connectivity index (χ3v) is 7.93. The summed E-state index contributed by atoms with van der Waals surface area (Å²) in [5, 5.41) is 3.34. The largest absolute Gasteiger partial charge is 0.487 e. The minimum absolute atomic E-state index is 0.0678. The summed E-state index contributed by atoms with van der Waals surface area (Å²) in [5.74, 6) is -0.254. The molecule has 7 heteroatoms. The van der Waals surface area contributed by atoms with Gasteiger partial charge in [-0.2, -0.15) is 0 Å². The molecule has 0 bridgehead atoms. The Kier molecular flexibility index (Phi) is 7.21. The molecule has 182 valence electrons. The number of fused-ring (bicyclic) bond motifs is 2. The summed E-state index contributed by atoms with van der Waals surface area (Å²) in [6, 6.07) is 21.6. The van der Waals surface area contributed by atoms with Gasteiger partial charge in [-0.25, -0.2) is 4.79 Å². The Morgan fingerprint density at radius 3 is 2.28 bits per heavy atom. The Hall–Kier alpha value is -2.66. The fraction of sp³-hybridized carbons (Fsp3) is 0.172. The van der Waals surface area contributed by atoms with Gasteiger partial charge in [0.15, 0.2) is 5.78 Å². The van der Waals surface area contributed by atoms with E-state index in [4.69, 9.17) is 9.47 Å². The van der Waals surface area contributed by atoms with Crippen LogP contribution in [0.5, 0.6) is 5.75 Å². The Bertz CT molecular complexity index is 1420. The summed E-state index contributed by atoms with van der Waals surface area (Å²) in [4.78, 5) is 26.8. The van der Waals surface area contributed by atoms with Gasteiger partial charge in [0.25, 0.3) is 0 Å². The van der Waals surface area contributed by atoms with Crippen molar-refractivity contribution in [2.24, 2.45) is 0 Å². The first-order chi connectivity index (χ1) is 17.4. The molecule has 0 fully saturated rings. The van der Waals surface area contributed by atoms with Gasteiger partial charge in [-0.3, -0.25) is 4.79 Å². The van der Waals surface area contributed by atoms with E-state index >= 15 is 0 Å². The van der Waals surface area contributed by atoms with Gasteiger partial charge in [0.2, 0.25) is 0 Å². The molecule has 0 radical (unpaired) electrons. The number of ether oxygens (including phenoxy) is 2. The van der Waals surface area contributed by atoms with Gasteiger partial charge < -0.3 is 14.8 Å². The van der Waals surface area contributed by atoms with E-state index in [9.17, 15) is 9.59 Å². The molecule has 0 saturated heterocycles. The van der Waals surface area contributed by atoms with E-state index in [-0.39, 0.29) is 12.4 Å². The minimum Gasteiger partial charge on any atom is -0.487 e. The molecule has 0 saturated carbocycles. The predicted octanol–water partition coefficient (Wildman–Crippen LogP) is 6.61. The molecule has 1 atom stereocenters. The van der Waals surface area contributed by atoms with Crippen LogP contribution in [0.1, 0.15) is 46.8 Å². The van der Waals surface area contributed by atoms with E-state index in [0.29, 0.717) is 29.0 Å². The first-order valence-corrected chi connectivity index (χ1v) is 13.7. The Morgan fingerprint density at radius 2 is 1.61 bits per heavy atom. The summed E-state index contributed by atoms with van der Waals surface area (Å²) in [6.45, 7) is 4.35. The zero-order valence-corrected chi connectivity index (χ0v) is 24.0. The SMILES string of the molecule is CCOC(=O)C1=C(C)NC2=C(C(=O)c3ccccc32)[C@@H]1c1cc(I)c(OCc2ccccc2)c(I)c1. The van der Waals surface area contributed by atoms with Crippen molar-refractivity contribution in [2.75, 3.05) is 6.61 Å². The lowest BCUT2D eigenvalue weighted by Gasteiger charge is -2.29. The monoisotopic (exact) mass is 703 g/mol. The van der Waals surface area contributed by atoms with Crippen LogP contribution in [0, 0.1) is 7.14 Å². The van der Waals surface area contributed by atoms with Crippen LogP contribution in [0.3, 0.4) is 0 Å². The lowest BCUT2D eigenvalue weighted by Crippen LogP contribution is -2.29. The Labute approximate surface area is 237 Å². The number of dihydropyridines is 1. The van der Waals surface area contributed by atoms with Gasteiger partial charge in [-0.1, -0.05) is 54.6 Å². The highest BCUT2D eigenvalue weighted by molar-refractivity contribution is 14.1. The number of rotatable bonds is 6. The van der Waals surface area contributed by atoms with Crippen molar-refractivity contribution in [2.45, 2.75) is 26.4 Å². The smallest absolute Gasteiger partial charge is 0.336 e. The van der Waals surface area contributed by atoms with Crippen LogP contribution in [0.25, 0.3) is 5.70 Å². The predicted molar refractivity (Wildman–Crippen MR) is 156 cm³/mol. The van der Waals surface area contributed by atoms with Gasteiger partial charge in [0, 0.05) is 28.3 Å². The van der Waals surface area contributed by atoms with Gasteiger partial charge in [0.05, 0.1) is 25.0 Å². The fourth-order valence-corrected chi connectivity index (χ4v) is 6.88. The van der Waals surface area contributed by atoms with Gasteiger partial charge in [-0.15, -0.1) is 0 Å². The molecule has 0 spiro atoms. The standard InChI is InChI=1S/C29H23I2NO4/c1-3-35-29(34)23-16(2)32-26-19-11-7-8-12-20(19)27(33)25(26)24(23)18-13-21(30)28(22(31)14-18)36-15-17-9-5-4-6-10-17/h4-14,24,32H,3,15H2,1-2H3/t24-/m1/s1. The second-order valence-electron chi connectivity index (χ2n) is 8.57. The average molecular weight is 703 g/mol. The third-order valence-electron chi connectivity index (χ3n) is 6.32. The van der Waals surface area contributed by atoms with Crippen LogP contribution < -0.4 is 10.1 Å². The highest BCUT2D eigenvalue weighted by Crippen LogP contribution is 2.48. The van der Waals surface area contributed by atoms with Crippen LogP contribution in [0.2, 0.25) is 0 Å². The molecule has 3 aromatic rings. The molecular weight excluding hydrogens is 680 g/mol. The van der Waals surface area contributed by atoms with Crippen molar-refractivity contribution in [1.29, 1.82) is 0 Å². The molecule has 1 N–H and O–H groups in total. The van der Waals surface area contributed by atoms with Crippen molar-refractivity contribution in [3.63, 3.8) is 0 Å². The zero-order valence-electron chi connectivity index (χ0n) is 19.7. The van der Waals surface area contributed by atoms with E-state index in [1.165, 1.54) is 0 Å². The number of nitrogens with one attached hydrogen (secondary N) is 1. The van der Waals surface area contributed by atoms with E-state index in [1.54, 1.807) is 6.92 Å². The molecule has 1 aliphatic heterocycles. The van der Waals surface area contributed by atoms with E-state index in [1.807, 2.05) is 73.7 Å². The summed E-state index contributed by atoms with van der Waals surface area (Å²) in [6.07, 6.45) is 0. The average Bonchev–Trinajstić information content (AvgIpc) is 3.15. The first kappa shape index (κ1) is 25.0. The molecule has 2 aliphatic rings. The number of benzene rings is 3. The quantitative estimate of drug-likeness (QED) is 0.232. The molecule has 0 aromatic heterocycles. The summed E-state index contributed by atoms with van der Waals surface area (Å²) in [5.41, 5.74) is 5.93. The maximum atomic E-state index is 13.6. The number of allylic oxidation sites excluding steroid dienone is 2. The highest BCUT2D eigenvalue weighted by Gasteiger charge is 2.43. The summed E-state index contributed by atoms with van der Waals surface area (Å²) >= 11 is 4.53. The van der Waals surface area contributed by atoms with Gasteiger partial charge in [0.1, 0.15) is 12.4 Å². The lowest BCUT2D eigenvalue weighted by atomic mass is 9.80. The third kappa shape index (κ3) is 4.47. The molecular formula is C29H23I2NO4. The Balaban J connectivity index is 1.59. The number of ketones is 1. The maximum Gasteiger partial charge on any atom is 0.336 e. The van der Waals surface area contributed by atoms with Gasteiger partial charge in [-0.05, 0) is 82.3 Å². The fourth-order valence-electron chi connectivity index (χ4n) is 4.76. The number of carbonyl (C=O) groups is 2. The molecule has 5 rings (SSSR count). The van der Waals surface area contributed by atoms with E-state index < -0.39 is 11.9 Å². The normalized spacial score (nSPS) is 16.4. The number of hydrogen-bond acceptors (Lipinski definition) is 5. The highest BCUT2D eigenvalue weighted by atomic mass is 127. The minimum atomic E-state index is -0.551. The molecule has 0 unspecified atom stereocenters. The topological polar surface area (TPSA) is 64.6 Å². The number of halogens is 2. The van der Waals surface area contributed by atoms with Crippen molar-refractivity contribution < 1.29 is 19.1 Å². The van der Waals surface area contributed by atoms with E-state index in [0.717, 1.165) is 35.3 Å². The van der Waals surface area contributed by atoms with E-state index in [2.05, 4.69) is 50.5 Å². The van der Waals surface area contributed by atoms with Crippen LogP contribution in [0.15, 0.2) is 83.6 Å². The maximum absolute atomic E-state index is 13.6. The number of carbonyl (C=O) groups excluding carboxylic acids is 2. The zero-order chi connectivity index (χ0) is 25.4. The second kappa shape index (κ2) is 10.4. The van der Waals surface area contributed by atoms with Crippen molar-refractivity contribution >= 4 is 62.6 Å². The van der Waals surface area contributed by atoms with Crippen molar-refractivity contribution in [1.82, 2.24) is 5.32 Å². The number of hydrogen-bond donors (Lipinski definition) is 1. The molecule has 0 amide bonds. The number of Topliss-reactive ketones (excluding diaryl/α,β-unsaturated/α-hetero) is 1. The van der Waals surface area contributed by atoms with Crippen molar-refractivity contribution in [3.05, 3.63) is 113 Å².